The summed E-state index contributed by atoms with van der Waals surface area (Å²) in [5, 5.41) is 8.79. The Morgan fingerprint density at radius 3 is 3.10 bits per heavy atom. The maximum Gasteiger partial charge on any atom is 0.341 e. The summed E-state index contributed by atoms with van der Waals surface area (Å²) in [5.41, 5.74) is 0.759. The molecule has 20 heavy (non-hydrogen) atoms. The van der Waals surface area contributed by atoms with Gasteiger partial charge in [-0.2, -0.15) is 0 Å². The number of hydrogen-bond acceptors (Lipinski definition) is 3. The third kappa shape index (κ3) is 2.96. The van der Waals surface area contributed by atoms with Crippen LogP contribution in [0.5, 0.6) is 0 Å². The Morgan fingerprint density at radius 1 is 1.60 bits per heavy atom. The van der Waals surface area contributed by atoms with Crippen molar-refractivity contribution in [2.45, 2.75) is 38.7 Å². The molecule has 4 heteroatoms. The summed E-state index contributed by atoms with van der Waals surface area (Å²) in [6.07, 6.45) is 11.1. The van der Waals surface area contributed by atoms with Crippen LogP contribution >= 0.6 is 0 Å². The number of carbonyl (C=O) groups is 1. The highest BCUT2D eigenvalue weighted by molar-refractivity contribution is 5.68. The first-order valence-electron chi connectivity index (χ1n) is 7.14. The molecule has 1 N–H and O–H groups in total. The van der Waals surface area contributed by atoms with Crippen LogP contribution in [0.15, 0.2) is 35.6 Å². The summed E-state index contributed by atoms with van der Waals surface area (Å²) < 4.78 is 11.5. The standard InChI is InChI=1S/C16H22O4/c1-3-6-12-7-5-10-20-16(2)13(12)8-4-9-14(16)19-11-15(17)18/h4,7-9,13H,3,5-6,10-11H2,1-2H3,(H,17,18). The number of ether oxygens (including phenoxy) is 2. The lowest BCUT2D eigenvalue weighted by molar-refractivity contribution is -0.142. The number of allylic oxidation sites excluding steroid dienone is 2. The highest BCUT2D eigenvalue weighted by atomic mass is 16.6. The number of aliphatic carboxylic acids is 1. The Morgan fingerprint density at radius 2 is 2.40 bits per heavy atom. The fourth-order valence-corrected chi connectivity index (χ4v) is 2.91. The molecule has 0 amide bonds. The molecule has 2 unspecified atom stereocenters. The van der Waals surface area contributed by atoms with Crippen molar-refractivity contribution in [3.05, 3.63) is 35.6 Å². The molecule has 2 aliphatic rings. The van der Waals surface area contributed by atoms with Crippen LogP contribution in [0.25, 0.3) is 0 Å². The Balaban J connectivity index is 2.25. The van der Waals surface area contributed by atoms with Gasteiger partial charge >= 0.3 is 5.97 Å². The van der Waals surface area contributed by atoms with Crippen LogP contribution in [0.4, 0.5) is 0 Å². The summed E-state index contributed by atoms with van der Waals surface area (Å²) in [6.45, 7) is 4.44. The monoisotopic (exact) mass is 278 g/mol. The largest absolute Gasteiger partial charge is 0.483 e. The van der Waals surface area contributed by atoms with Gasteiger partial charge in [-0.1, -0.05) is 37.1 Å². The molecule has 2 rings (SSSR count). The molecule has 0 saturated carbocycles. The molecule has 0 aromatic rings. The minimum Gasteiger partial charge on any atom is -0.483 e. The van der Waals surface area contributed by atoms with Crippen molar-refractivity contribution in [2.24, 2.45) is 5.92 Å². The fourth-order valence-electron chi connectivity index (χ4n) is 2.91. The van der Waals surface area contributed by atoms with Gasteiger partial charge in [0.25, 0.3) is 0 Å². The van der Waals surface area contributed by atoms with E-state index in [-0.39, 0.29) is 12.5 Å². The summed E-state index contributed by atoms with van der Waals surface area (Å²) in [5.74, 6) is -0.242. The Hall–Kier alpha value is -1.55. The van der Waals surface area contributed by atoms with Gasteiger partial charge in [-0.15, -0.1) is 0 Å². The second-order valence-corrected chi connectivity index (χ2v) is 5.35. The van der Waals surface area contributed by atoms with Crippen LogP contribution in [-0.2, 0) is 14.3 Å². The predicted octanol–water partition coefficient (Wildman–Crippen LogP) is 3.06. The number of carboxylic acids is 1. The second-order valence-electron chi connectivity index (χ2n) is 5.35. The van der Waals surface area contributed by atoms with Crippen LogP contribution in [0, 0.1) is 5.92 Å². The van der Waals surface area contributed by atoms with Gasteiger partial charge in [0, 0.05) is 5.92 Å². The maximum absolute atomic E-state index is 10.7. The van der Waals surface area contributed by atoms with Gasteiger partial charge in [0.05, 0.1) is 6.61 Å². The van der Waals surface area contributed by atoms with Crippen molar-refractivity contribution in [3.63, 3.8) is 0 Å². The number of fused-ring (bicyclic) bond motifs is 1. The van der Waals surface area contributed by atoms with Crippen molar-refractivity contribution in [1.29, 1.82) is 0 Å². The average molecular weight is 278 g/mol. The molecule has 2 atom stereocenters. The lowest BCUT2D eigenvalue weighted by atomic mass is 9.77. The van der Waals surface area contributed by atoms with Crippen molar-refractivity contribution in [3.8, 4) is 0 Å². The van der Waals surface area contributed by atoms with E-state index in [1.54, 1.807) is 0 Å². The molecule has 1 aliphatic heterocycles. The Labute approximate surface area is 119 Å². The topological polar surface area (TPSA) is 55.8 Å². The summed E-state index contributed by atoms with van der Waals surface area (Å²) in [6, 6.07) is 0. The van der Waals surface area contributed by atoms with E-state index in [9.17, 15) is 4.79 Å². The molecular formula is C16H22O4. The molecular weight excluding hydrogens is 256 g/mol. The first kappa shape index (κ1) is 14.9. The van der Waals surface area contributed by atoms with E-state index in [2.05, 4.69) is 19.1 Å². The smallest absolute Gasteiger partial charge is 0.341 e. The van der Waals surface area contributed by atoms with Crippen molar-refractivity contribution in [1.82, 2.24) is 0 Å². The van der Waals surface area contributed by atoms with E-state index in [0.29, 0.717) is 12.4 Å². The molecule has 0 aromatic carbocycles. The first-order valence-corrected chi connectivity index (χ1v) is 7.14. The van der Waals surface area contributed by atoms with Gasteiger partial charge in [0.15, 0.2) is 6.61 Å². The first-order chi connectivity index (χ1) is 9.58. The molecule has 0 spiro atoms. The Bertz CT molecular complexity index is 461. The zero-order valence-electron chi connectivity index (χ0n) is 12.1. The molecule has 1 aliphatic carbocycles. The zero-order chi connectivity index (χ0) is 14.6. The third-order valence-electron chi connectivity index (χ3n) is 3.85. The molecule has 0 radical (unpaired) electrons. The molecule has 0 aromatic heterocycles. The quantitative estimate of drug-likeness (QED) is 0.785. The van der Waals surface area contributed by atoms with Gasteiger partial charge in [0.2, 0.25) is 0 Å². The lowest BCUT2D eigenvalue weighted by Crippen LogP contribution is -2.42. The third-order valence-corrected chi connectivity index (χ3v) is 3.85. The lowest BCUT2D eigenvalue weighted by Gasteiger charge is -2.39. The number of rotatable bonds is 5. The predicted molar refractivity (Wildman–Crippen MR) is 76.3 cm³/mol. The van der Waals surface area contributed by atoms with Crippen LogP contribution in [-0.4, -0.2) is 29.9 Å². The van der Waals surface area contributed by atoms with E-state index in [0.717, 1.165) is 19.3 Å². The van der Waals surface area contributed by atoms with Crippen molar-refractivity contribution >= 4 is 5.97 Å². The fraction of sp³-hybridized carbons (Fsp3) is 0.562. The van der Waals surface area contributed by atoms with Crippen LogP contribution in [0.2, 0.25) is 0 Å². The Kier molecular flexibility index (Phi) is 4.65. The summed E-state index contributed by atoms with van der Waals surface area (Å²) in [7, 11) is 0. The van der Waals surface area contributed by atoms with Crippen LogP contribution < -0.4 is 0 Å². The summed E-state index contributed by atoms with van der Waals surface area (Å²) in [4.78, 5) is 10.7. The molecule has 1 heterocycles. The van der Waals surface area contributed by atoms with E-state index in [1.165, 1.54) is 5.57 Å². The normalized spacial score (nSPS) is 29.0. The highest BCUT2D eigenvalue weighted by Gasteiger charge is 2.43. The average Bonchev–Trinajstić information content (AvgIpc) is 2.57. The van der Waals surface area contributed by atoms with Gasteiger partial charge in [0.1, 0.15) is 11.4 Å². The second kappa shape index (κ2) is 6.27. The van der Waals surface area contributed by atoms with E-state index >= 15 is 0 Å². The minimum atomic E-state index is -0.974. The number of hydrogen-bond donors (Lipinski definition) is 1. The molecule has 0 bridgehead atoms. The van der Waals surface area contributed by atoms with E-state index < -0.39 is 11.6 Å². The van der Waals surface area contributed by atoms with Gasteiger partial charge in [-0.05, 0) is 25.8 Å². The molecule has 0 saturated heterocycles. The maximum atomic E-state index is 10.7. The minimum absolute atomic E-state index is 0.124. The SMILES string of the molecule is CCCC1=CCCOC2(C)C(OCC(=O)O)=CC=CC12. The van der Waals surface area contributed by atoms with Gasteiger partial charge in [-0.25, -0.2) is 4.79 Å². The molecule has 0 fully saturated rings. The van der Waals surface area contributed by atoms with Crippen LogP contribution in [0.3, 0.4) is 0 Å². The number of carboxylic acid groups (broad SMARTS) is 1. The highest BCUT2D eigenvalue weighted by Crippen LogP contribution is 2.42. The van der Waals surface area contributed by atoms with Gasteiger partial charge in [-0.3, -0.25) is 0 Å². The van der Waals surface area contributed by atoms with Crippen molar-refractivity contribution in [2.75, 3.05) is 13.2 Å². The zero-order valence-corrected chi connectivity index (χ0v) is 12.1. The van der Waals surface area contributed by atoms with E-state index in [4.69, 9.17) is 14.6 Å². The van der Waals surface area contributed by atoms with Crippen molar-refractivity contribution < 1.29 is 19.4 Å². The van der Waals surface area contributed by atoms with Gasteiger partial charge < -0.3 is 14.6 Å². The van der Waals surface area contributed by atoms with Crippen LogP contribution in [0.1, 0.15) is 33.1 Å². The molecule has 110 valence electrons. The summed E-state index contributed by atoms with van der Waals surface area (Å²) >= 11 is 0. The van der Waals surface area contributed by atoms with E-state index in [1.807, 2.05) is 19.1 Å². The molecule has 4 nitrogen and oxygen atoms in total.